The SMILES string of the molecule is CC/C=C/C/C=C/C/C=C/C/C=C/CCCCCCCCC(=O)OC(COCCC(C(=O)O)[N+](C)(C)C)COC(=O)CCCCCCC/C=C/C=C/C=C/C=C/CCCCC. The Balaban J connectivity index is 4.41. The van der Waals surface area contributed by atoms with Crippen LogP contribution in [-0.4, -0.2) is 80.6 Å². The number of hydrogen-bond donors (Lipinski definition) is 1. The molecular formula is C53H88NO7+. The summed E-state index contributed by atoms with van der Waals surface area (Å²) < 4.78 is 17.3. The van der Waals surface area contributed by atoms with Crippen molar-refractivity contribution in [2.45, 2.75) is 180 Å². The first-order valence-corrected chi connectivity index (χ1v) is 23.8. The lowest BCUT2D eigenvalue weighted by Gasteiger charge is -2.31. The van der Waals surface area contributed by atoms with Crippen LogP contribution in [0.1, 0.15) is 168 Å². The van der Waals surface area contributed by atoms with Crippen LogP contribution in [0.3, 0.4) is 0 Å². The van der Waals surface area contributed by atoms with Crippen LogP contribution >= 0.6 is 0 Å². The summed E-state index contributed by atoms with van der Waals surface area (Å²) in [6.07, 6.45) is 57.3. The molecule has 8 heteroatoms. The molecule has 0 aliphatic heterocycles. The molecule has 0 radical (unpaired) electrons. The van der Waals surface area contributed by atoms with Gasteiger partial charge in [0.25, 0.3) is 0 Å². The maximum atomic E-state index is 12.8. The zero-order valence-corrected chi connectivity index (χ0v) is 39.3. The molecule has 61 heavy (non-hydrogen) atoms. The first kappa shape index (κ1) is 57.2. The van der Waals surface area contributed by atoms with Crippen molar-refractivity contribution in [1.29, 1.82) is 0 Å². The van der Waals surface area contributed by atoms with Gasteiger partial charge in [-0.05, 0) is 77.0 Å². The van der Waals surface area contributed by atoms with Gasteiger partial charge in [-0.2, -0.15) is 0 Å². The van der Waals surface area contributed by atoms with Gasteiger partial charge in [-0.3, -0.25) is 9.59 Å². The number of ether oxygens (including phenoxy) is 3. The van der Waals surface area contributed by atoms with Crippen molar-refractivity contribution in [3.8, 4) is 0 Å². The molecule has 1 N–H and O–H groups in total. The van der Waals surface area contributed by atoms with Gasteiger partial charge in [-0.25, -0.2) is 4.79 Å². The molecule has 0 bridgehead atoms. The minimum atomic E-state index is -0.885. The smallest absolute Gasteiger partial charge is 0.362 e. The molecule has 0 aromatic carbocycles. The summed E-state index contributed by atoms with van der Waals surface area (Å²) >= 11 is 0. The average molecular weight is 851 g/mol. The van der Waals surface area contributed by atoms with E-state index >= 15 is 0 Å². The van der Waals surface area contributed by atoms with Crippen molar-refractivity contribution in [2.75, 3.05) is 41.0 Å². The molecule has 0 rings (SSSR count). The number of carbonyl (C=O) groups excluding carboxylic acids is 2. The number of rotatable bonds is 41. The average Bonchev–Trinajstić information content (AvgIpc) is 3.22. The van der Waals surface area contributed by atoms with Crippen LogP contribution in [0.15, 0.2) is 97.2 Å². The number of unbranched alkanes of at least 4 members (excludes halogenated alkanes) is 14. The van der Waals surface area contributed by atoms with E-state index < -0.39 is 18.1 Å². The Morgan fingerprint density at radius 1 is 0.525 bits per heavy atom. The largest absolute Gasteiger partial charge is 0.477 e. The maximum absolute atomic E-state index is 12.8. The van der Waals surface area contributed by atoms with Gasteiger partial charge in [0.1, 0.15) is 6.61 Å². The zero-order valence-electron chi connectivity index (χ0n) is 39.3. The summed E-state index contributed by atoms with van der Waals surface area (Å²) in [6, 6.07) is -0.628. The predicted octanol–water partition coefficient (Wildman–Crippen LogP) is 13.5. The Kier molecular flexibility index (Phi) is 40.3. The summed E-state index contributed by atoms with van der Waals surface area (Å²) in [6.45, 7) is 4.53. The van der Waals surface area contributed by atoms with E-state index in [4.69, 9.17) is 14.2 Å². The fourth-order valence-electron chi connectivity index (χ4n) is 6.39. The molecule has 0 aromatic rings. The molecule has 8 nitrogen and oxygen atoms in total. The highest BCUT2D eigenvalue weighted by Gasteiger charge is 2.31. The molecule has 0 fully saturated rings. The Bertz CT molecular complexity index is 1310. The summed E-state index contributed by atoms with van der Waals surface area (Å²) in [5, 5.41) is 9.64. The molecule has 0 amide bonds. The highest BCUT2D eigenvalue weighted by Crippen LogP contribution is 2.13. The van der Waals surface area contributed by atoms with Gasteiger partial charge in [-0.15, -0.1) is 0 Å². The number of nitrogens with zero attached hydrogens (tertiary/aromatic N) is 1. The minimum Gasteiger partial charge on any atom is -0.477 e. The lowest BCUT2D eigenvalue weighted by atomic mass is 10.1. The Hall–Kier alpha value is -3.75. The molecule has 0 aliphatic carbocycles. The molecule has 2 unspecified atom stereocenters. The van der Waals surface area contributed by atoms with Crippen molar-refractivity contribution in [3.63, 3.8) is 0 Å². The highest BCUT2D eigenvalue weighted by molar-refractivity contribution is 5.72. The zero-order chi connectivity index (χ0) is 44.9. The van der Waals surface area contributed by atoms with Crippen LogP contribution < -0.4 is 0 Å². The van der Waals surface area contributed by atoms with E-state index in [1.807, 2.05) is 21.1 Å². The fourth-order valence-corrected chi connectivity index (χ4v) is 6.39. The van der Waals surface area contributed by atoms with Crippen LogP contribution in [0, 0.1) is 0 Å². The van der Waals surface area contributed by atoms with Gasteiger partial charge < -0.3 is 23.8 Å². The number of carbonyl (C=O) groups is 3. The van der Waals surface area contributed by atoms with Crippen molar-refractivity contribution in [3.05, 3.63) is 97.2 Å². The molecule has 0 heterocycles. The third-order valence-corrected chi connectivity index (χ3v) is 10.1. The second-order valence-electron chi connectivity index (χ2n) is 16.7. The molecule has 2 atom stereocenters. The van der Waals surface area contributed by atoms with Crippen LogP contribution in [0.5, 0.6) is 0 Å². The van der Waals surface area contributed by atoms with Gasteiger partial charge in [-0.1, -0.05) is 169 Å². The van der Waals surface area contributed by atoms with Crippen LogP contribution in [0.4, 0.5) is 0 Å². The predicted molar refractivity (Wildman–Crippen MR) is 256 cm³/mol. The number of carboxylic acids is 1. The summed E-state index contributed by atoms with van der Waals surface area (Å²) in [5.74, 6) is -1.53. The van der Waals surface area contributed by atoms with E-state index in [9.17, 15) is 19.5 Å². The van der Waals surface area contributed by atoms with Crippen LogP contribution in [0.25, 0.3) is 0 Å². The topological polar surface area (TPSA) is 99.1 Å². The normalized spacial score (nSPS) is 13.8. The quantitative estimate of drug-likeness (QED) is 0.0215. The monoisotopic (exact) mass is 851 g/mol. The third kappa shape index (κ3) is 41.4. The van der Waals surface area contributed by atoms with Crippen molar-refractivity contribution in [1.82, 2.24) is 0 Å². The second kappa shape index (κ2) is 42.9. The summed E-state index contributed by atoms with van der Waals surface area (Å²) in [4.78, 5) is 37.1. The number of hydrogen-bond acceptors (Lipinski definition) is 6. The Morgan fingerprint density at radius 3 is 1.51 bits per heavy atom. The first-order chi connectivity index (χ1) is 29.6. The summed E-state index contributed by atoms with van der Waals surface area (Å²) in [7, 11) is 5.51. The first-order valence-electron chi connectivity index (χ1n) is 23.8. The van der Waals surface area contributed by atoms with Crippen LogP contribution in [0.2, 0.25) is 0 Å². The van der Waals surface area contributed by atoms with Gasteiger partial charge in [0.2, 0.25) is 0 Å². The molecule has 0 saturated heterocycles. The number of aliphatic carboxylic acids is 1. The van der Waals surface area contributed by atoms with Gasteiger partial charge >= 0.3 is 17.9 Å². The molecule has 346 valence electrons. The molecule has 0 saturated carbocycles. The fraction of sp³-hybridized carbons (Fsp3) is 0.642. The van der Waals surface area contributed by atoms with E-state index in [1.54, 1.807) is 0 Å². The van der Waals surface area contributed by atoms with E-state index in [-0.39, 0.29) is 36.2 Å². The number of esters is 2. The van der Waals surface area contributed by atoms with E-state index in [1.165, 1.54) is 32.1 Å². The van der Waals surface area contributed by atoms with E-state index in [0.29, 0.717) is 19.3 Å². The lowest BCUT2D eigenvalue weighted by Crippen LogP contribution is -2.50. The maximum Gasteiger partial charge on any atom is 0.362 e. The number of allylic oxidation sites excluding steroid dienone is 16. The van der Waals surface area contributed by atoms with E-state index in [0.717, 1.165) is 103 Å². The molecular weight excluding hydrogens is 763 g/mol. The summed E-state index contributed by atoms with van der Waals surface area (Å²) in [5.41, 5.74) is 0. The van der Waals surface area contributed by atoms with Crippen molar-refractivity contribution >= 4 is 17.9 Å². The van der Waals surface area contributed by atoms with Crippen LogP contribution in [-0.2, 0) is 28.6 Å². The number of likely N-dealkylation sites (N-methyl/N-ethyl adjacent to an activating group) is 1. The van der Waals surface area contributed by atoms with Crippen molar-refractivity contribution < 1.29 is 38.2 Å². The molecule has 0 aromatic heterocycles. The number of carboxylic acid groups (broad SMARTS) is 1. The standard InChI is InChI=1S/C53H87NO7/c1-6-8-10-12-14-16-18-20-22-24-26-28-30-32-34-36-38-40-42-44-52(56)61-49(47-59-46-45-50(53(57)58)54(3,4)5)48-60-51(55)43-41-39-37-35-33-31-29-27-25-23-21-19-17-15-13-11-9-7-2/h8,10,14-17,19-23,25-29,49-50H,6-7,9,11-13,18,24,30-48H2,1-5H3/p+1/b10-8+,16-14+,17-15+,21-19+,22-20+,25-23+,28-26+,29-27+. The third-order valence-electron chi connectivity index (χ3n) is 10.1. The highest BCUT2D eigenvalue weighted by atomic mass is 16.6. The Morgan fingerprint density at radius 2 is 0.984 bits per heavy atom. The molecule has 0 aliphatic rings. The van der Waals surface area contributed by atoms with Gasteiger partial charge in [0.05, 0.1) is 34.4 Å². The number of quaternary nitrogens is 1. The minimum absolute atomic E-state index is 0.0409. The Labute approximate surface area is 373 Å². The lowest BCUT2D eigenvalue weighted by molar-refractivity contribution is -0.887. The second-order valence-corrected chi connectivity index (χ2v) is 16.7. The molecule has 0 spiro atoms. The van der Waals surface area contributed by atoms with E-state index in [2.05, 4.69) is 111 Å². The van der Waals surface area contributed by atoms with Gasteiger partial charge in [0, 0.05) is 19.3 Å². The van der Waals surface area contributed by atoms with Crippen molar-refractivity contribution in [2.24, 2.45) is 0 Å². The van der Waals surface area contributed by atoms with Gasteiger partial charge in [0.15, 0.2) is 12.1 Å².